The second-order valence-corrected chi connectivity index (χ2v) is 5.18. The maximum Gasteiger partial charge on any atom is 0.0360 e. The Bertz CT molecular complexity index is 309. The Morgan fingerprint density at radius 2 is 1.65 bits per heavy atom. The van der Waals surface area contributed by atoms with Crippen LogP contribution >= 0.6 is 0 Å². The van der Waals surface area contributed by atoms with Crippen LogP contribution in [0.15, 0.2) is 35.7 Å². The van der Waals surface area contributed by atoms with Gasteiger partial charge in [0.25, 0.3) is 0 Å². The zero-order valence-corrected chi connectivity index (χ0v) is 12.3. The fourth-order valence-electron chi connectivity index (χ4n) is 1.49. The largest absolute Gasteiger partial charge is 0.391 e. The third kappa shape index (κ3) is 5.12. The fourth-order valence-corrected chi connectivity index (χ4v) is 1.49. The predicted molar refractivity (Wildman–Crippen MR) is 77.7 cm³/mol. The molecule has 0 aliphatic heterocycles. The van der Waals surface area contributed by atoms with Gasteiger partial charge in [0.1, 0.15) is 0 Å². The molecule has 0 aliphatic carbocycles. The van der Waals surface area contributed by atoms with E-state index in [0.29, 0.717) is 11.8 Å². The summed E-state index contributed by atoms with van der Waals surface area (Å²) in [5.74, 6) is 1.03. The first-order valence-electron chi connectivity index (χ1n) is 6.32. The summed E-state index contributed by atoms with van der Waals surface area (Å²) in [5, 5.41) is 6.57. The van der Waals surface area contributed by atoms with Crippen molar-refractivity contribution in [2.45, 2.75) is 34.6 Å². The van der Waals surface area contributed by atoms with E-state index in [-0.39, 0.29) is 0 Å². The molecule has 98 valence electrons. The van der Waals surface area contributed by atoms with Crippen LogP contribution in [0.25, 0.3) is 0 Å². The Morgan fingerprint density at radius 3 is 2.00 bits per heavy atom. The Morgan fingerprint density at radius 1 is 1.12 bits per heavy atom. The summed E-state index contributed by atoms with van der Waals surface area (Å²) >= 11 is 0. The van der Waals surface area contributed by atoms with Crippen molar-refractivity contribution in [3.63, 3.8) is 0 Å². The first-order chi connectivity index (χ1) is 7.81. The van der Waals surface area contributed by atoms with Gasteiger partial charge < -0.3 is 10.6 Å². The van der Waals surface area contributed by atoms with Crippen LogP contribution in [0.2, 0.25) is 0 Å². The maximum atomic E-state index is 4.17. The molecule has 0 aromatic carbocycles. The zero-order valence-electron chi connectivity index (χ0n) is 12.3. The molecule has 0 aromatic heterocycles. The van der Waals surface area contributed by atoms with Crippen LogP contribution < -0.4 is 10.6 Å². The van der Waals surface area contributed by atoms with Crippen molar-refractivity contribution < 1.29 is 0 Å². The van der Waals surface area contributed by atoms with Crippen molar-refractivity contribution in [1.29, 1.82) is 0 Å². The van der Waals surface area contributed by atoms with Crippen molar-refractivity contribution >= 4 is 0 Å². The van der Waals surface area contributed by atoms with Crippen molar-refractivity contribution in [1.82, 2.24) is 10.6 Å². The van der Waals surface area contributed by atoms with E-state index in [0.717, 1.165) is 29.1 Å². The second-order valence-electron chi connectivity index (χ2n) is 5.18. The van der Waals surface area contributed by atoms with Crippen LogP contribution in [-0.2, 0) is 0 Å². The van der Waals surface area contributed by atoms with Gasteiger partial charge in [-0.1, -0.05) is 40.9 Å². The average Bonchev–Trinajstić information content (AvgIpc) is 2.25. The summed E-state index contributed by atoms with van der Waals surface area (Å²) in [5.41, 5.74) is 4.33. The minimum atomic E-state index is 0.422. The lowest BCUT2D eigenvalue weighted by atomic mass is 9.93. The molecule has 0 saturated heterocycles. The van der Waals surface area contributed by atoms with Crippen LogP contribution in [0.1, 0.15) is 34.6 Å². The van der Waals surface area contributed by atoms with E-state index >= 15 is 0 Å². The average molecular weight is 236 g/mol. The summed E-state index contributed by atoms with van der Waals surface area (Å²) in [4.78, 5) is 0. The molecule has 2 N–H and O–H groups in total. The van der Waals surface area contributed by atoms with Crippen molar-refractivity contribution in [2.24, 2.45) is 11.8 Å². The molecule has 0 spiro atoms. The molecule has 2 heteroatoms. The van der Waals surface area contributed by atoms with E-state index in [1.54, 1.807) is 0 Å². The standard InChI is InChI=1S/C15H28N2/c1-10(2)9-17-14(7)15(13(6)16-8)12(5)11(3)4/h10-11,16-17H,5,7,9H2,1-4,6,8H3/b15-13+. The monoisotopic (exact) mass is 236 g/mol. The summed E-state index contributed by atoms with van der Waals surface area (Å²) in [6, 6.07) is 0. The van der Waals surface area contributed by atoms with E-state index in [9.17, 15) is 0 Å². The molecule has 0 aromatic rings. The third-order valence-corrected chi connectivity index (χ3v) is 2.79. The summed E-state index contributed by atoms with van der Waals surface area (Å²) < 4.78 is 0. The van der Waals surface area contributed by atoms with Gasteiger partial charge in [0, 0.05) is 30.6 Å². The van der Waals surface area contributed by atoms with E-state index in [2.05, 4.69) is 58.4 Å². The van der Waals surface area contributed by atoms with E-state index in [4.69, 9.17) is 0 Å². The molecular weight excluding hydrogens is 208 g/mol. The van der Waals surface area contributed by atoms with Gasteiger partial charge in [0.05, 0.1) is 0 Å². The number of hydrogen-bond donors (Lipinski definition) is 2. The molecular formula is C15H28N2. The lowest BCUT2D eigenvalue weighted by Crippen LogP contribution is -2.23. The first-order valence-corrected chi connectivity index (χ1v) is 6.32. The molecule has 0 aliphatic rings. The topological polar surface area (TPSA) is 24.1 Å². The number of nitrogens with one attached hydrogen (secondary N) is 2. The van der Waals surface area contributed by atoms with E-state index in [1.165, 1.54) is 0 Å². The molecule has 0 atom stereocenters. The zero-order chi connectivity index (χ0) is 13.6. The molecule has 0 saturated carbocycles. The Kier molecular flexibility index (Phi) is 6.71. The van der Waals surface area contributed by atoms with Crippen molar-refractivity contribution in [3.05, 3.63) is 35.7 Å². The summed E-state index contributed by atoms with van der Waals surface area (Å²) in [7, 11) is 1.93. The van der Waals surface area contributed by atoms with E-state index in [1.807, 2.05) is 7.05 Å². The highest BCUT2D eigenvalue weighted by atomic mass is 14.9. The highest BCUT2D eigenvalue weighted by molar-refractivity contribution is 5.46. The summed E-state index contributed by atoms with van der Waals surface area (Å²) in [6.07, 6.45) is 0. The van der Waals surface area contributed by atoms with Crippen molar-refractivity contribution in [2.75, 3.05) is 13.6 Å². The van der Waals surface area contributed by atoms with Gasteiger partial charge in [-0.05, 0) is 24.3 Å². The Hall–Kier alpha value is -1.18. The summed E-state index contributed by atoms with van der Waals surface area (Å²) in [6.45, 7) is 20.0. The molecule has 0 unspecified atom stereocenters. The molecule has 0 heterocycles. The van der Waals surface area contributed by atoms with Gasteiger partial charge in [0.15, 0.2) is 0 Å². The lowest BCUT2D eigenvalue weighted by Gasteiger charge is -2.21. The molecule has 0 bridgehead atoms. The molecule has 0 fully saturated rings. The van der Waals surface area contributed by atoms with Gasteiger partial charge in [-0.15, -0.1) is 0 Å². The molecule has 0 rings (SSSR count). The highest BCUT2D eigenvalue weighted by Gasteiger charge is 2.13. The van der Waals surface area contributed by atoms with Gasteiger partial charge in [-0.3, -0.25) is 0 Å². The first kappa shape index (κ1) is 15.8. The fraction of sp³-hybridized carbons (Fsp3) is 0.600. The van der Waals surface area contributed by atoms with Crippen LogP contribution in [0.5, 0.6) is 0 Å². The normalized spacial score (nSPS) is 12.5. The molecule has 2 nitrogen and oxygen atoms in total. The van der Waals surface area contributed by atoms with Gasteiger partial charge in [0.2, 0.25) is 0 Å². The van der Waals surface area contributed by atoms with Crippen LogP contribution in [0.4, 0.5) is 0 Å². The van der Waals surface area contributed by atoms with Crippen LogP contribution in [0.3, 0.4) is 0 Å². The smallest absolute Gasteiger partial charge is 0.0360 e. The molecule has 17 heavy (non-hydrogen) atoms. The Labute approximate surface area is 107 Å². The minimum absolute atomic E-state index is 0.422. The minimum Gasteiger partial charge on any atom is -0.391 e. The number of rotatable bonds is 7. The number of hydrogen-bond acceptors (Lipinski definition) is 2. The number of allylic oxidation sites excluding steroid dienone is 2. The van der Waals surface area contributed by atoms with Gasteiger partial charge in [-0.2, -0.15) is 0 Å². The van der Waals surface area contributed by atoms with Crippen molar-refractivity contribution in [3.8, 4) is 0 Å². The highest BCUT2D eigenvalue weighted by Crippen LogP contribution is 2.24. The lowest BCUT2D eigenvalue weighted by molar-refractivity contribution is 0.597. The van der Waals surface area contributed by atoms with Gasteiger partial charge >= 0.3 is 0 Å². The Balaban J connectivity index is 4.96. The van der Waals surface area contributed by atoms with Gasteiger partial charge in [-0.25, -0.2) is 0 Å². The molecule has 0 radical (unpaired) electrons. The second kappa shape index (κ2) is 7.21. The quantitative estimate of drug-likeness (QED) is 0.662. The third-order valence-electron chi connectivity index (χ3n) is 2.79. The SMILES string of the molecule is C=C(NCC(C)C)/C(C(=C)C(C)C)=C(\C)NC. The maximum absolute atomic E-state index is 4.17. The predicted octanol–water partition coefficient (Wildman–Crippen LogP) is 3.45. The molecule has 0 amide bonds. The van der Waals surface area contributed by atoms with Crippen LogP contribution in [0, 0.1) is 11.8 Å². The van der Waals surface area contributed by atoms with E-state index < -0.39 is 0 Å². The van der Waals surface area contributed by atoms with Crippen LogP contribution in [-0.4, -0.2) is 13.6 Å².